The van der Waals surface area contributed by atoms with Gasteiger partial charge in [-0.05, 0) is 49.3 Å². The van der Waals surface area contributed by atoms with Crippen molar-refractivity contribution in [3.8, 4) is 0 Å². The molecule has 0 saturated heterocycles. The maximum Gasteiger partial charge on any atom is 0.129 e. The van der Waals surface area contributed by atoms with Crippen molar-refractivity contribution in [1.29, 1.82) is 0 Å². The summed E-state index contributed by atoms with van der Waals surface area (Å²) in [5.74, 6) is 0.0411. The zero-order valence-corrected chi connectivity index (χ0v) is 8.07. The van der Waals surface area contributed by atoms with Gasteiger partial charge in [0.1, 0.15) is 5.82 Å². The normalized spacial score (nSPS) is 16.5. The molecular formula is C12H15F. The van der Waals surface area contributed by atoms with Crippen LogP contribution in [0.25, 0.3) is 0 Å². The van der Waals surface area contributed by atoms with Crippen LogP contribution >= 0.6 is 0 Å². The molecule has 0 aromatic heterocycles. The fourth-order valence-electron chi connectivity index (χ4n) is 2.08. The van der Waals surface area contributed by atoms with Gasteiger partial charge in [0.15, 0.2) is 0 Å². The molecule has 1 aliphatic carbocycles. The molecule has 0 heterocycles. The number of rotatable bonds is 0. The van der Waals surface area contributed by atoms with E-state index < -0.39 is 0 Å². The Hall–Kier alpha value is -0.850. The lowest BCUT2D eigenvalue weighted by Crippen LogP contribution is -1.97. The van der Waals surface area contributed by atoms with E-state index in [1.165, 1.54) is 18.4 Å². The Morgan fingerprint density at radius 2 is 1.85 bits per heavy atom. The number of benzene rings is 1. The molecule has 0 unspecified atom stereocenters. The van der Waals surface area contributed by atoms with Crippen molar-refractivity contribution in [3.05, 3.63) is 34.6 Å². The van der Waals surface area contributed by atoms with Gasteiger partial charge in [-0.15, -0.1) is 0 Å². The predicted molar refractivity (Wildman–Crippen MR) is 52.4 cm³/mol. The highest BCUT2D eigenvalue weighted by molar-refractivity contribution is 5.34. The summed E-state index contributed by atoms with van der Waals surface area (Å²) in [7, 11) is 0. The van der Waals surface area contributed by atoms with E-state index in [4.69, 9.17) is 0 Å². The van der Waals surface area contributed by atoms with Crippen LogP contribution < -0.4 is 0 Å². The second kappa shape index (κ2) is 3.49. The maximum atomic E-state index is 13.7. The highest BCUT2D eigenvalue weighted by Crippen LogP contribution is 2.24. The van der Waals surface area contributed by atoms with Gasteiger partial charge in [-0.1, -0.05) is 18.6 Å². The first-order valence-electron chi connectivity index (χ1n) is 5.06. The minimum atomic E-state index is 0.0411. The van der Waals surface area contributed by atoms with Crippen molar-refractivity contribution < 1.29 is 4.39 Å². The quantitative estimate of drug-likeness (QED) is 0.534. The second-order valence-corrected chi connectivity index (χ2v) is 3.89. The first-order chi connectivity index (χ1) is 6.29. The molecule has 0 nitrogen and oxygen atoms in total. The highest BCUT2D eigenvalue weighted by atomic mass is 19.1. The van der Waals surface area contributed by atoms with Crippen LogP contribution in [0.15, 0.2) is 12.1 Å². The molecule has 0 amide bonds. The highest BCUT2D eigenvalue weighted by Gasteiger charge is 2.13. The zero-order valence-electron chi connectivity index (χ0n) is 8.07. The molecule has 0 N–H and O–H groups in total. The lowest BCUT2D eigenvalue weighted by atomic mass is 10.00. The molecule has 0 radical (unpaired) electrons. The number of aryl methyl sites for hydroxylation is 2. The molecule has 2 rings (SSSR count). The first-order valence-corrected chi connectivity index (χ1v) is 5.06. The Morgan fingerprint density at radius 3 is 2.69 bits per heavy atom. The average Bonchev–Trinajstić information content (AvgIpc) is 2.36. The van der Waals surface area contributed by atoms with E-state index >= 15 is 0 Å². The van der Waals surface area contributed by atoms with E-state index in [9.17, 15) is 4.39 Å². The van der Waals surface area contributed by atoms with Crippen molar-refractivity contribution in [3.63, 3.8) is 0 Å². The van der Waals surface area contributed by atoms with Crippen LogP contribution in [-0.2, 0) is 12.8 Å². The van der Waals surface area contributed by atoms with Crippen molar-refractivity contribution in [1.82, 2.24) is 0 Å². The largest absolute Gasteiger partial charge is 0.206 e. The molecule has 70 valence electrons. The Labute approximate surface area is 78.8 Å². The monoisotopic (exact) mass is 178 g/mol. The lowest BCUT2D eigenvalue weighted by Gasteiger charge is -2.08. The maximum absolute atomic E-state index is 13.7. The molecule has 0 saturated carbocycles. The van der Waals surface area contributed by atoms with Gasteiger partial charge in [0.25, 0.3) is 0 Å². The van der Waals surface area contributed by atoms with Crippen LogP contribution in [-0.4, -0.2) is 0 Å². The Kier molecular flexibility index (Phi) is 2.34. The van der Waals surface area contributed by atoms with Crippen molar-refractivity contribution >= 4 is 0 Å². The summed E-state index contributed by atoms with van der Waals surface area (Å²) in [4.78, 5) is 0. The van der Waals surface area contributed by atoms with Crippen molar-refractivity contribution in [2.75, 3.05) is 0 Å². The van der Waals surface area contributed by atoms with Gasteiger partial charge in [0.05, 0.1) is 0 Å². The third-order valence-electron chi connectivity index (χ3n) is 2.91. The molecule has 1 aliphatic rings. The molecule has 0 spiro atoms. The van der Waals surface area contributed by atoms with Gasteiger partial charge in [-0.3, -0.25) is 0 Å². The lowest BCUT2D eigenvalue weighted by molar-refractivity contribution is 0.595. The first kappa shape index (κ1) is 8.74. The van der Waals surface area contributed by atoms with Gasteiger partial charge in [-0.2, -0.15) is 0 Å². The summed E-state index contributed by atoms with van der Waals surface area (Å²) in [5.41, 5.74) is 3.01. The van der Waals surface area contributed by atoms with E-state index in [-0.39, 0.29) is 5.82 Å². The molecule has 0 fully saturated rings. The van der Waals surface area contributed by atoms with E-state index in [0.29, 0.717) is 0 Å². The predicted octanol–water partition coefficient (Wildman–Crippen LogP) is 3.40. The Bertz CT molecular complexity index is 315. The summed E-state index contributed by atoms with van der Waals surface area (Å²) in [6, 6.07) is 4.00. The fraction of sp³-hybridized carbons (Fsp3) is 0.500. The van der Waals surface area contributed by atoms with E-state index in [2.05, 4.69) is 6.07 Å². The number of hydrogen-bond acceptors (Lipinski definition) is 0. The smallest absolute Gasteiger partial charge is 0.129 e. The SMILES string of the molecule is Cc1ccc2c(c1F)CCCCC2. The van der Waals surface area contributed by atoms with E-state index in [0.717, 1.165) is 30.4 Å². The second-order valence-electron chi connectivity index (χ2n) is 3.89. The van der Waals surface area contributed by atoms with Crippen LogP contribution in [0.1, 0.15) is 36.0 Å². The van der Waals surface area contributed by atoms with Gasteiger partial charge < -0.3 is 0 Å². The van der Waals surface area contributed by atoms with Crippen LogP contribution in [0, 0.1) is 12.7 Å². The molecule has 13 heavy (non-hydrogen) atoms. The minimum Gasteiger partial charge on any atom is -0.206 e. The summed E-state index contributed by atoms with van der Waals surface area (Å²) in [5, 5.41) is 0. The molecule has 0 atom stereocenters. The van der Waals surface area contributed by atoms with Crippen molar-refractivity contribution in [2.45, 2.75) is 39.0 Å². The van der Waals surface area contributed by atoms with Gasteiger partial charge in [0, 0.05) is 0 Å². The minimum absolute atomic E-state index is 0.0411. The summed E-state index contributed by atoms with van der Waals surface area (Å²) in [6.07, 6.45) is 5.60. The summed E-state index contributed by atoms with van der Waals surface area (Å²) in [6.45, 7) is 1.85. The zero-order chi connectivity index (χ0) is 9.26. The molecule has 0 aliphatic heterocycles. The van der Waals surface area contributed by atoms with Crippen molar-refractivity contribution in [2.24, 2.45) is 0 Å². The van der Waals surface area contributed by atoms with Crippen LogP contribution in [0.5, 0.6) is 0 Å². The topological polar surface area (TPSA) is 0 Å². The summed E-state index contributed by atoms with van der Waals surface area (Å²) >= 11 is 0. The van der Waals surface area contributed by atoms with Gasteiger partial charge >= 0.3 is 0 Å². The molecule has 1 heteroatoms. The number of halogens is 1. The molecule has 1 aromatic carbocycles. The van der Waals surface area contributed by atoms with Gasteiger partial charge in [0.2, 0.25) is 0 Å². The standard InChI is InChI=1S/C12H15F/c1-9-7-8-10-5-3-2-4-6-11(10)12(9)13/h7-8H,2-6H2,1H3. The van der Waals surface area contributed by atoms with Crippen LogP contribution in [0.4, 0.5) is 4.39 Å². The average molecular weight is 178 g/mol. The third kappa shape index (κ3) is 1.60. The number of fused-ring (bicyclic) bond motifs is 1. The Balaban J connectivity index is 2.48. The Morgan fingerprint density at radius 1 is 1.08 bits per heavy atom. The molecule has 0 bridgehead atoms. The van der Waals surface area contributed by atoms with Gasteiger partial charge in [-0.25, -0.2) is 4.39 Å². The van der Waals surface area contributed by atoms with Crippen LogP contribution in [0.2, 0.25) is 0 Å². The van der Waals surface area contributed by atoms with E-state index in [1.807, 2.05) is 13.0 Å². The van der Waals surface area contributed by atoms with E-state index in [1.54, 1.807) is 0 Å². The summed E-state index contributed by atoms with van der Waals surface area (Å²) < 4.78 is 13.7. The fourth-order valence-corrected chi connectivity index (χ4v) is 2.08. The molecule has 1 aromatic rings. The molecular weight excluding hydrogens is 163 g/mol. The third-order valence-corrected chi connectivity index (χ3v) is 2.91. The van der Waals surface area contributed by atoms with Crippen LogP contribution in [0.3, 0.4) is 0 Å². The number of hydrogen-bond donors (Lipinski definition) is 0.